The number of hydrogen-bond donors (Lipinski definition) is 0. The molecule has 0 aromatic heterocycles. The van der Waals surface area contributed by atoms with Crippen LogP contribution in [0.1, 0.15) is 50.7 Å². The fourth-order valence-corrected chi connectivity index (χ4v) is 1.81. The van der Waals surface area contributed by atoms with Crippen LogP contribution in [0.25, 0.3) is 0 Å². The molecule has 0 spiro atoms. The van der Waals surface area contributed by atoms with Crippen LogP contribution in [0.5, 0.6) is 0 Å². The molecule has 1 aromatic carbocycles. The second-order valence-electron chi connectivity index (χ2n) is 5.02. The first-order chi connectivity index (χ1) is 6.09. The summed E-state index contributed by atoms with van der Waals surface area (Å²) in [6.07, 6.45) is 2.73. The van der Waals surface area contributed by atoms with Gasteiger partial charge in [-0.05, 0) is 41.4 Å². The molecule has 0 heteroatoms. The first-order valence-corrected chi connectivity index (χ1v) is 5.10. The van der Waals surface area contributed by atoms with Crippen molar-refractivity contribution >= 4 is 0 Å². The number of hydrogen-bond acceptors (Lipinski definition) is 0. The van der Waals surface area contributed by atoms with Gasteiger partial charge in [0.2, 0.25) is 0 Å². The van der Waals surface area contributed by atoms with Crippen molar-refractivity contribution in [3.05, 3.63) is 35.4 Å². The Balaban J connectivity index is 2.43. The van der Waals surface area contributed by atoms with E-state index >= 15 is 0 Å². The van der Waals surface area contributed by atoms with Crippen molar-refractivity contribution in [2.24, 2.45) is 0 Å². The lowest BCUT2D eigenvalue weighted by molar-refractivity contribution is 0.582. The van der Waals surface area contributed by atoms with Crippen molar-refractivity contribution in [2.45, 2.75) is 44.9 Å². The maximum atomic E-state index is 3.41. The zero-order valence-corrected chi connectivity index (χ0v) is 8.72. The van der Waals surface area contributed by atoms with Gasteiger partial charge in [-0.3, -0.25) is 0 Å². The third-order valence-corrected chi connectivity index (χ3v) is 2.68. The zero-order valence-electron chi connectivity index (χ0n) is 8.72. The molecule has 0 unspecified atom stereocenters. The summed E-state index contributed by atoms with van der Waals surface area (Å²) in [5.74, 6) is 0.815. The molecule has 1 radical (unpaired) electrons. The van der Waals surface area contributed by atoms with Gasteiger partial charge in [-0.15, -0.1) is 0 Å². The highest BCUT2D eigenvalue weighted by Gasteiger charge is 2.29. The van der Waals surface area contributed by atoms with E-state index in [2.05, 4.69) is 39.0 Å². The lowest BCUT2D eigenvalue weighted by Crippen LogP contribution is -2.13. The predicted molar refractivity (Wildman–Crippen MR) is 56.0 cm³/mol. The van der Waals surface area contributed by atoms with Gasteiger partial charge in [-0.2, -0.15) is 0 Å². The van der Waals surface area contributed by atoms with Crippen LogP contribution >= 0.6 is 0 Å². The minimum Gasteiger partial charge on any atom is -0.0613 e. The summed E-state index contributed by atoms with van der Waals surface area (Å²) >= 11 is 0. The van der Waals surface area contributed by atoms with Gasteiger partial charge < -0.3 is 0 Å². The molecule has 0 N–H and O–H groups in total. The van der Waals surface area contributed by atoms with Gasteiger partial charge >= 0.3 is 0 Å². The van der Waals surface area contributed by atoms with E-state index in [1.165, 1.54) is 24.0 Å². The Morgan fingerprint density at radius 1 is 1.31 bits per heavy atom. The van der Waals surface area contributed by atoms with Crippen LogP contribution in [0.3, 0.4) is 0 Å². The molecule has 1 aliphatic rings. The van der Waals surface area contributed by atoms with Gasteiger partial charge in [-0.1, -0.05) is 39.0 Å². The van der Waals surface area contributed by atoms with Crippen molar-refractivity contribution in [1.82, 2.24) is 0 Å². The van der Waals surface area contributed by atoms with Crippen LogP contribution in [0.15, 0.2) is 18.2 Å². The minimum absolute atomic E-state index is 0.273. The van der Waals surface area contributed by atoms with Gasteiger partial charge in [0.15, 0.2) is 0 Å². The largest absolute Gasteiger partial charge is 0.0613 e. The maximum absolute atomic E-state index is 3.41. The smallest absolute Gasteiger partial charge is 0.0129 e. The molecule has 2 rings (SSSR count). The Morgan fingerprint density at radius 2 is 2.00 bits per heavy atom. The van der Waals surface area contributed by atoms with E-state index in [0.29, 0.717) is 0 Å². The summed E-state index contributed by atoms with van der Waals surface area (Å²) in [7, 11) is 0. The fourth-order valence-electron chi connectivity index (χ4n) is 1.81. The predicted octanol–water partition coefficient (Wildman–Crippen LogP) is 3.66. The number of benzene rings is 1. The molecule has 1 saturated carbocycles. The van der Waals surface area contributed by atoms with Crippen LogP contribution < -0.4 is 0 Å². The summed E-state index contributed by atoms with van der Waals surface area (Å²) in [4.78, 5) is 0. The van der Waals surface area contributed by atoms with E-state index in [4.69, 9.17) is 0 Å². The van der Waals surface area contributed by atoms with Crippen molar-refractivity contribution in [3.8, 4) is 0 Å². The first-order valence-electron chi connectivity index (χ1n) is 5.10. The molecule has 13 heavy (non-hydrogen) atoms. The topological polar surface area (TPSA) is 0 Å². The third kappa shape index (κ3) is 1.77. The molecule has 69 valence electrons. The molecular weight excluding hydrogens is 156 g/mol. The molecule has 1 aromatic rings. The van der Waals surface area contributed by atoms with Crippen LogP contribution in [-0.2, 0) is 5.41 Å². The first kappa shape index (κ1) is 8.80. The number of rotatable bonds is 1. The van der Waals surface area contributed by atoms with E-state index in [-0.39, 0.29) is 5.41 Å². The van der Waals surface area contributed by atoms with Crippen LogP contribution in [0.4, 0.5) is 0 Å². The molecular formula is C13H17. The van der Waals surface area contributed by atoms with Gasteiger partial charge in [0.1, 0.15) is 0 Å². The minimum atomic E-state index is 0.273. The van der Waals surface area contributed by atoms with E-state index in [9.17, 15) is 0 Å². The summed E-state index contributed by atoms with van der Waals surface area (Å²) in [5.41, 5.74) is 3.22. The van der Waals surface area contributed by atoms with Gasteiger partial charge in [-0.25, -0.2) is 0 Å². The van der Waals surface area contributed by atoms with E-state index in [0.717, 1.165) is 5.92 Å². The highest BCUT2D eigenvalue weighted by atomic mass is 14.3. The van der Waals surface area contributed by atoms with Crippen molar-refractivity contribution < 1.29 is 0 Å². The van der Waals surface area contributed by atoms with Gasteiger partial charge in [0.05, 0.1) is 0 Å². The highest BCUT2D eigenvalue weighted by molar-refractivity contribution is 5.36. The molecule has 0 atom stereocenters. The maximum Gasteiger partial charge on any atom is -0.0129 e. The third-order valence-electron chi connectivity index (χ3n) is 2.68. The van der Waals surface area contributed by atoms with Gasteiger partial charge in [0.25, 0.3) is 0 Å². The SMILES string of the molecule is CC(C)(C)c1ccc[c]c1C1CC1. The molecule has 0 bridgehead atoms. The fraction of sp³-hybridized carbons (Fsp3) is 0.538. The Labute approximate surface area is 81.0 Å². The Morgan fingerprint density at radius 3 is 2.54 bits per heavy atom. The molecule has 1 fully saturated rings. The molecule has 0 nitrogen and oxygen atoms in total. The quantitative estimate of drug-likeness (QED) is 0.608. The van der Waals surface area contributed by atoms with Crippen molar-refractivity contribution in [3.63, 3.8) is 0 Å². The van der Waals surface area contributed by atoms with E-state index in [1.54, 1.807) is 0 Å². The lowest BCUT2D eigenvalue weighted by Gasteiger charge is -2.22. The van der Waals surface area contributed by atoms with Crippen LogP contribution in [0.2, 0.25) is 0 Å². The standard InChI is InChI=1S/C13H17/c1-13(2,3)12-7-5-4-6-11(12)10-8-9-10/h4-5,7,10H,8-9H2,1-3H3. The highest BCUT2D eigenvalue weighted by Crippen LogP contribution is 2.43. The molecule has 0 amide bonds. The zero-order chi connectivity index (χ0) is 9.47. The average Bonchev–Trinajstić information content (AvgIpc) is 2.85. The second-order valence-corrected chi connectivity index (χ2v) is 5.02. The van der Waals surface area contributed by atoms with Crippen LogP contribution in [0, 0.1) is 6.07 Å². The Hall–Kier alpha value is -0.780. The summed E-state index contributed by atoms with van der Waals surface area (Å²) in [6.45, 7) is 6.84. The molecule has 0 saturated heterocycles. The summed E-state index contributed by atoms with van der Waals surface area (Å²) < 4.78 is 0. The van der Waals surface area contributed by atoms with E-state index < -0.39 is 0 Å². The second kappa shape index (κ2) is 2.87. The van der Waals surface area contributed by atoms with E-state index in [1.807, 2.05) is 6.07 Å². The summed E-state index contributed by atoms with van der Waals surface area (Å²) in [6, 6.07) is 9.81. The van der Waals surface area contributed by atoms with Gasteiger partial charge in [0, 0.05) is 0 Å². The Kier molecular flexibility index (Phi) is 1.94. The Bertz CT molecular complexity index is 300. The molecule has 0 heterocycles. The summed E-state index contributed by atoms with van der Waals surface area (Å²) in [5, 5.41) is 0. The van der Waals surface area contributed by atoms with Crippen molar-refractivity contribution in [2.75, 3.05) is 0 Å². The monoisotopic (exact) mass is 173 g/mol. The molecule has 0 aliphatic heterocycles. The average molecular weight is 173 g/mol. The van der Waals surface area contributed by atoms with Crippen molar-refractivity contribution in [1.29, 1.82) is 0 Å². The molecule has 1 aliphatic carbocycles. The lowest BCUT2D eigenvalue weighted by atomic mass is 9.82. The van der Waals surface area contributed by atoms with Crippen LogP contribution in [-0.4, -0.2) is 0 Å². The normalized spacial score (nSPS) is 17.5.